The molecule has 1 unspecified atom stereocenters. The van der Waals surface area contributed by atoms with Crippen LogP contribution in [0.2, 0.25) is 0 Å². The quantitative estimate of drug-likeness (QED) is 0.686. The number of hydrogen-bond donors (Lipinski definition) is 0. The fraction of sp³-hybridized carbons (Fsp3) is 0.348. The number of unbranched alkanes of at least 4 members (excludes halogenated alkanes) is 1. The number of rotatable bonds is 6. The highest BCUT2D eigenvalue weighted by atomic mass is 16.7. The van der Waals surface area contributed by atoms with Crippen LogP contribution in [0.25, 0.3) is 5.70 Å². The predicted molar refractivity (Wildman–Crippen MR) is 109 cm³/mol. The summed E-state index contributed by atoms with van der Waals surface area (Å²) in [6.07, 6.45) is 5.38. The zero-order chi connectivity index (χ0) is 18.5. The lowest BCUT2D eigenvalue weighted by atomic mass is 10.0. The smallest absolute Gasteiger partial charge is 0.146 e. The molecular weight excluding hydrogens is 320 g/mol. The van der Waals surface area contributed by atoms with E-state index in [-0.39, 0.29) is 6.17 Å². The van der Waals surface area contributed by atoms with E-state index in [2.05, 4.69) is 75.4 Å². The molecule has 0 N–H and O–H groups in total. The Labute approximate surface area is 157 Å². The van der Waals surface area contributed by atoms with Crippen molar-refractivity contribution in [2.45, 2.75) is 46.2 Å². The SMILES string of the molecule is CCCCC1N=C(c2ccc(C)cc2)C=C(c2ccc(C)cc2)N1OC. The minimum absolute atomic E-state index is 0.00226. The second kappa shape index (κ2) is 8.33. The van der Waals surface area contributed by atoms with Crippen LogP contribution in [-0.4, -0.2) is 24.1 Å². The summed E-state index contributed by atoms with van der Waals surface area (Å²) in [5.41, 5.74) is 6.91. The Kier molecular flexibility index (Phi) is 5.89. The first kappa shape index (κ1) is 18.4. The second-order valence-corrected chi connectivity index (χ2v) is 6.91. The summed E-state index contributed by atoms with van der Waals surface area (Å²) in [4.78, 5) is 10.8. The van der Waals surface area contributed by atoms with Gasteiger partial charge in [0.05, 0.1) is 18.5 Å². The minimum Gasteiger partial charge on any atom is -0.275 e. The number of hydrogen-bond acceptors (Lipinski definition) is 3. The van der Waals surface area contributed by atoms with Crippen molar-refractivity contribution in [2.24, 2.45) is 4.99 Å². The third kappa shape index (κ3) is 4.05. The molecule has 1 atom stereocenters. The van der Waals surface area contributed by atoms with Gasteiger partial charge in [0.2, 0.25) is 0 Å². The number of benzene rings is 2. The zero-order valence-electron chi connectivity index (χ0n) is 16.2. The highest BCUT2D eigenvalue weighted by molar-refractivity contribution is 6.12. The van der Waals surface area contributed by atoms with Crippen LogP contribution in [-0.2, 0) is 4.84 Å². The lowest BCUT2D eigenvalue weighted by molar-refractivity contribution is -0.109. The molecule has 0 fully saturated rings. The van der Waals surface area contributed by atoms with E-state index in [0.717, 1.165) is 41.8 Å². The van der Waals surface area contributed by atoms with E-state index >= 15 is 0 Å². The van der Waals surface area contributed by atoms with Gasteiger partial charge in [0, 0.05) is 5.56 Å². The van der Waals surface area contributed by atoms with Crippen LogP contribution in [0.3, 0.4) is 0 Å². The van der Waals surface area contributed by atoms with Gasteiger partial charge >= 0.3 is 0 Å². The highest BCUT2D eigenvalue weighted by Crippen LogP contribution is 2.30. The molecule has 0 saturated heterocycles. The summed E-state index contributed by atoms with van der Waals surface area (Å²) >= 11 is 0. The molecule has 3 rings (SSSR count). The molecule has 1 aliphatic rings. The Morgan fingerprint density at radius 1 is 0.923 bits per heavy atom. The number of nitrogens with zero attached hydrogens (tertiary/aromatic N) is 2. The van der Waals surface area contributed by atoms with E-state index in [1.54, 1.807) is 7.11 Å². The molecule has 0 amide bonds. The maximum atomic E-state index is 5.76. The predicted octanol–water partition coefficient (Wildman–Crippen LogP) is 5.53. The van der Waals surface area contributed by atoms with Gasteiger partial charge in [0.1, 0.15) is 6.17 Å². The Morgan fingerprint density at radius 2 is 1.50 bits per heavy atom. The minimum atomic E-state index is -0.00226. The van der Waals surface area contributed by atoms with Crippen molar-refractivity contribution < 1.29 is 4.84 Å². The van der Waals surface area contributed by atoms with E-state index in [1.165, 1.54) is 11.1 Å². The third-order valence-electron chi connectivity index (χ3n) is 4.78. The van der Waals surface area contributed by atoms with Gasteiger partial charge in [-0.15, -0.1) is 0 Å². The summed E-state index contributed by atoms with van der Waals surface area (Å²) in [6, 6.07) is 17.2. The topological polar surface area (TPSA) is 24.8 Å². The van der Waals surface area contributed by atoms with Crippen LogP contribution in [0, 0.1) is 13.8 Å². The summed E-state index contributed by atoms with van der Waals surface area (Å²) in [6.45, 7) is 6.42. The number of aliphatic imine (C=N–C) groups is 1. The Morgan fingerprint density at radius 3 is 2.04 bits per heavy atom. The Hall–Kier alpha value is -2.39. The first-order valence-electron chi connectivity index (χ1n) is 9.39. The third-order valence-corrected chi connectivity index (χ3v) is 4.78. The number of aryl methyl sites for hydroxylation is 2. The molecule has 0 radical (unpaired) electrons. The van der Waals surface area contributed by atoms with Gasteiger partial charge in [-0.05, 0) is 38.3 Å². The van der Waals surface area contributed by atoms with Gasteiger partial charge in [-0.25, -0.2) is 5.06 Å². The second-order valence-electron chi connectivity index (χ2n) is 6.91. The van der Waals surface area contributed by atoms with Gasteiger partial charge in [0.25, 0.3) is 0 Å². The molecule has 26 heavy (non-hydrogen) atoms. The summed E-state index contributed by atoms with van der Waals surface area (Å²) in [7, 11) is 1.73. The maximum absolute atomic E-state index is 5.76. The van der Waals surface area contributed by atoms with Crippen molar-refractivity contribution >= 4 is 11.4 Å². The monoisotopic (exact) mass is 348 g/mol. The molecule has 0 aliphatic carbocycles. The maximum Gasteiger partial charge on any atom is 0.146 e. The van der Waals surface area contributed by atoms with Crippen molar-refractivity contribution in [3.05, 3.63) is 76.9 Å². The van der Waals surface area contributed by atoms with E-state index in [9.17, 15) is 0 Å². The zero-order valence-corrected chi connectivity index (χ0v) is 16.2. The molecule has 0 spiro atoms. The molecule has 2 aromatic rings. The molecule has 136 valence electrons. The van der Waals surface area contributed by atoms with Crippen LogP contribution >= 0.6 is 0 Å². The van der Waals surface area contributed by atoms with E-state index in [0.29, 0.717) is 0 Å². The summed E-state index contributed by atoms with van der Waals surface area (Å²) in [5.74, 6) is 0. The molecule has 0 aromatic heterocycles. The van der Waals surface area contributed by atoms with Crippen molar-refractivity contribution in [1.82, 2.24) is 5.06 Å². The van der Waals surface area contributed by atoms with Crippen molar-refractivity contribution in [1.29, 1.82) is 0 Å². The van der Waals surface area contributed by atoms with Gasteiger partial charge in [-0.1, -0.05) is 73.0 Å². The molecule has 0 saturated carbocycles. The first-order valence-corrected chi connectivity index (χ1v) is 9.39. The molecule has 0 bridgehead atoms. The Balaban J connectivity index is 2.04. The van der Waals surface area contributed by atoms with Gasteiger partial charge in [-0.2, -0.15) is 0 Å². The molecule has 2 aromatic carbocycles. The molecule has 1 heterocycles. The van der Waals surface area contributed by atoms with Crippen LogP contribution < -0.4 is 0 Å². The van der Waals surface area contributed by atoms with Crippen LogP contribution in [0.1, 0.15) is 48.4 Å². The normalized spacial score (nSPS) is 17.1. The fourth-order valence-corrected chi connectivity index (χ4v) is 3.21. The van der Waals surface area contributed by atoms with Crippen LogP contribution in [0.15, 0.2) is 59.6 Å². The lowest BCUT2D eigenvalue weighted by Crippen LogP contribution is -2.35. The van der Waals surface area contributed by atoms with E-state index in [4.69, 9.17) is 9.83 Å². The number of hydroxylamine groups is 2. The average molecular weight is 348 g/mol. The average Bonchev–Trinajstić information content (AvgIpc) is 2.66. The first-order chi connectivity index (χ1) is 12.6. The standard InChI is InChI=1S/C23H28N2O/c1-5-6-7-23-24-21(19-12-8-17(2)9-13-19)16-22(25(23)26-4)20-14-10-18(3)11-15-20/h8-16,23H,5-7H2,1-4H3. The van der Waals surface area contributed by atoms with Crippen molar-refractivity contribution in [3.8, 4) is 0 Å². The van der Waals surface area contributed by atoms with Gasteiger partial charge in [-0.3, -0.25) is 9.83 Å². The Bertz CT molecular complexity index is 788. The van der Waals surface area contributed by atoms with Crippen LogP contribution in [0.4, 0.5) is 0 Å². The summed E-state index contributed by atoms with van der Waals surface area (Å²) in [5, 5.41) is 1.96. The molecule has 3 nitrogen and oxygen atoms in total. The van der Waals surface area contributed by atoms with Crippen LogP contribution in [0.5, 0.6) is 0 Å². The highest BCUT2D eigenvalue weighted by Gasteiger charge is 2.26. The fourth-order valence-electron chi connectivity index (χ4n) is 3.21. The van der Waals surface area contributed by atoms with Crippen molar-refractivity contribution in [3.63, 3.8) is 0 Å². The molecule has 1 aliphatic heterocycles. The van der Waals surface area contributed by atoms with Gasteiger partial charge in [0.15, 0.2) is 0 Å². The number of allylic oxidation sites excluding steroid dienone is 1. The molecule has 3 heteroatoms. The van der Waals surface area contributed by atoms with E-state index in [1.807, 2.05) is 5.06 Å². The van der Waals surface area contributed by atoms with E-state index < -0.39 is 0 Å². The summed E-state index contributed by atoms with van der Waals surface area (Å²) < 4.78 is 0. The lowest BCUT2D eigenvalue weighted by Gasteiger charge is -2.34. The van der Waals surface area contributed by atoms with Crippen molar-refractivity contribution in [2.75, 3.05) is 7.11 Å². The molecular formula is C23H28N2O. The largest absolute Gasteiger partial charge is 0.275 e. The van der Waals surface area contributed by atoms with Gasteiger partial charge < -0.3 is 0 Å².